The van der Waals surface area contributed by atoms with Gasteiger partial charge in [-0.2, -0.15) is 0 Å². The first-order valence-electron chi connectivity index (χ1n) is 8.26. The van der Waals surface area contributed by atoms with E-state index in [1.54, 1.807) is 23.1 Å². The second-order valence-electron chi connectivity index (χ2n) is 6.03. The van der Waals surface area contributed by atoms with Crippen LogP contribution in [0.5, 0.6) is 11.5 Å². The predicted octanol–water partition coefficient (Wildman–Crippen LogP) is 0.284. The van der Waals surface area contributed by atoms with Crippen molar-refractivity contribution in [2.45, 2.75) is 4.90 Å². The fourth-order valence-electron chi connectivity index (χ4n) is 2.85. The molecule has 0 saturated carbocycles. The quantitative estimate of drug-likeness (QED) is 0.723. The normalized spacial score (nSPS) is 16.3. The maximum atomic E-state index is 12.5. The molecule has 3 heterocycles. The molecule has 11 heteroatoms. The first-order valence-corrected chi connectivity index (χ1v) is 9.74. The number of amides is 1. The predicted molar refractivity (Wildman–Crippen MR) is 95.3 cm³/mol. The highest BCUT2D eigenvalue weighted by atomic mass is 32.2. The molecular weight excluding hydrogens is 374 g/mol. The molecule has 0 unspecified atom stereocenters. The molecule has 1 N–H and O–H groups in total. The van der Waals surface area contributed by atoms with Gasteiger partial charge in [-0.05, 0) is 24.3 Å². The summed E-state index contributed by atoms with van der Waals surface area (Å²) in [5.41, 5.74) is 0. The molecule has 2 aromatic rings. The average Bonchev–Trinajstić information content (AvgIpc) is 3.16. The van der Waals surface area contributed by atoms with Gasteiger partial charge in [0.05, 0.1) is 4.90 Å². The number of ether oxygens (including phenoxy) is 2. The SMILES string of the molecule is O=CN1CCN(c2ccc(NS(=O)(=O)c3ccc4c(c3)OCO4)nn2)CC1. The van der Waals surface area contributed by atoms with E-state index >= 15 is 0 Å². The number of piperazine rings is 1. The lowest BCUT2D eigenvalue weighted by atomic mass is 10.3. The molecule has 2 aliphatic rings. The topological polar surface area (TPSA) is 114 Å². The summed E-state index contributed by atoms with van der Waals surface area (Å²) in [4.78, 5) is 14.5. The van der Waals surface area contributed by atoms with E-state index in [1.807, 2.05) is 4.90 Å². The molecule has 1 aromatic heterocycles. The van der Waals surface area contributed by atoms with Crippen molar-refractivity contribution in [1.82, 2.24) is 15.1 Å². The van der Waals surface area contributed by atoms with Crippen LogP contribution < -0.4 is 19.1 Å². The molecule has 1 aromatic carbocycles. The number of anilines is 2. The maximum Gasteiger partial charge on any atom is 0.263 e. The number of aromatic nitrogens is 2. The van der Waals surface area contributed by atoms with Crippen molar-refractivity contribution in [1.29, 1.82) is 0 Å². The Morgan fingerprint density at radius 2 is 1.78 bits per heavy atom. The number of carbonyl (C=O) groups excluding carboxylic acids is 1. The molecule has 4 rings (SSSR count). The lowest BCUT2D eigenvalue weighted by molar-refractivity contribution is -0.118. The van der Waals surface area contributed by atoms with E-state index in [1.165, 1.54) is 12.1 Å². The van der Waals surface area contributed by atoms with Crippen LogP contribution in [-0.4, -0.2) is 62.9 Å². The largest absolute Gasteiger partial charge is 0.454 e. The Labute approximate surface area is 155 Å². The van der Waals surface area contributed by atoms with Crippen molar-refractivity contribution in [3.63, 3.8) is 0 Å². The molecule has 0 bridgehead atoms. The van der Waals surface area contributed by atoms with E-state index in [2.05, 4.69) is 14.9 Å². The standard InChI is InChI=1S/C16H17N5O5S/c22-10-20-5-7-21(8-6-20)16-4-3-15(17-18-16)19-27(23,24)12-1-2-13-14(9-12)26-11-25-13/h1-4,9-10H,5-8,11H2,(H,17,19). The number of sulfonamides is 1. The molecule has 0 aliphatic carbocycles. The Morgan fingerprint density at radius 1 is 1.00 bits per heavy atom. The molecule has 0 radical (unpaired) electrons. The zero-order valence-corrected chi connectivity index (χ0v) is 15.1. The molecular formula is C16H17N5O5S. The molecule has 10 nitrogen and oxygen atoms in total. The van der Waals surface area contributed by atoms with E-state index in [4.69, 9.17) is 9.47 Å². The van der Waals surface area contributed by atoms with Crippen LogP contribution >= 0.6 is 0 Å². The summed E-state index contributed by atoms with van der Waals surface area (Å²) in [5.74, 6) is 1.64. The monoisotopic (exact) mass is 391 g/mol. The number of fused-ring (bicyclic) bond motifs is 1. The van der Waals surface area contributed by atoms with Crippen molar-refractivity contribution in [2.75, 3.05) is 42.6 Å². The van der Waals surface area contributed by atoms with Gasteiger partial charge in [-0.1, -0.05) is 0 Å². The zero-order chi connectivity index (χ0) is 18.9. The minimum absolute atomic E-state index is 0.0441. The van der Waals surface area contributed by atoms with Crippen LogP contribution in [0.1, 0.15) is 0 Å². The van der Waals surface area contributed by atoms with E-state index in [-0.39, 0.29) is 17.5 Å². The number of hydrogen-bond donors (Lipinski definition) is 1. The summed E-state index contributed by atoms with van der Waals surface area (Å²) in [7, 11) is -3.83. The Morgan fingerprint density at radius 3 is 2.48 bits per heavy atom. The van der Waals surface area contributed by atoms with Crippen LogP contribution in [0.15, 0.2) is 35.2 Å². The summed E-state index contributed by atoms with van der Waals surface area (Å²) in [6.45, 7) is 2.60. The van der Waals surface area contributed by atoms with Crippen LogP contribution in [0.4, 0.5) is 11.6 Å². The third-order valence-electron chi connectivity index (χ3n) is 4.33. The number of nitrogens with zero attached hydrogens (tertiary/aromatic N) is 4. The fraction of sp³-hybridized carbons (Fsp3) is 0.312. The van der Waals surface area contributed by atoms with E-state index < -0.39 is 10.0 Å². The third-order valence-corrected chi connectivity index (χ3v) is 5.68. The Balaban J connectivity index is 1.45. The lowest BCUT2D eigenvalue weighted by Crippen LogP contribution is -2.46. The minimum atomic E-state index is -3.83. The van der Waals surface area contributed by atoms with Crippen molar-refractivity contribution in [3.8, 4) is 11.5 Å². The molecule has 0 atom stereocenters. The highest BCUT2D eigenvalue weighted by molar-refractivity contribution is 7.92. The van der Waals surface area contributed by atoms with Gasteiger partial charge in [0.1, 0.15) is 0 Å². The Hall–Kier alpha value is -3.08. The molecule has 0 spiro atoms. The fourth-order valence-corrected chi connectivity index (χ4v) is 3.86. The summed E-state index contributed by atoms with van der Waals surface area (Å²) in [6, 6.07) is 7.63. The van der Waals surface area contributed by atoms with Gasteiger partial charge in [0, 0.05) is 32.2 Å². The van der Waals surface area contributed by atoms with Crippen molar-refractivity contribution in [2.24, 2.45) is 0 Å². The van der Waals surface area contributed by atoms with Crippen LogP contribution in [0.25, 0.3) is 0 Å². The smallest absolute Gasteiger partial charge is 0.263 e. The van der Waals surface area contributed by atoms with Gasteiger partial charge >= 0.3 is 0 Å². The van der Waals surface area contributed by atoms with Gasteiger partial charge in [-0.3, -0.25) is 9.52 Å². The highest BCUT2D eigenvalue weighted by Gasteiger charge is 2.21. The highest BCUT2D eigenvalue weighted by Crippen LogP contribution is 2.34. The van der Waals surface area contributed by atoms with Gasteiger partial charge in [0.25, 0.3) is 10.0 Å². The molecule has 1 amide bonds. The summed E-state index contributed by atoms with van der Waals surface area (Å²) in [5, 5.41) is 8.04. The number of carbonyl (C=O) groups is 1. The molecule has 1 fully saturated rings. The van der Waals surface area contributed by atoms with Crippen LogP contribution in [0, 0.1) is 0 Å². The van der Waals surface area contributed by atoms with Crippen LogP contribution in [-0.2, 0) is 14.8 Å². The molecule has 142 valence electrons. The van der Waals surface area contributed by atoms with Gasteiger partial charge in [-0.15, -0.1) is 10.2 Å². The Bertz CT molecular complexity index is 942. The lowest BCUT2D eigenvalue weighted by Gasteiger charge is -2.32. The summed E-state index contributed by atoms with van der Waals surface area (Å²) < 4.78 is 37.9. The van der Waals surface area contributed by atoms with Crippen molar-refractivity contribution < 1.29 is 22.7 Å². The molecule has 1 saturated heterocycles. The summed E-state index contributed by atoms with van der Waals surface area (Å²) in [6.07, 6.45) is 0.830. The maximum absolute atomic E-state index is 12.5. The number of rotatable bonds is 5. The summed E-state index contributed by atoms with van der Waals surface area (Å²) >= 11 is 0. The van der Waals surface area contributed by atoms with Crippen LogP contribution in [0.2, 0.25) is 0 Å². The van der Waals surface area contributed by atoms with E-state index in [0.29, 0.717) is 43.5 Å². The van der Waals surface area contributed by atoms with Gasteiger partial charge in [0.15, 0.2) is 23.1 Å². The minimum Gasteiger partial charge on any atom is -0.454 e. The van der Waals surface area contributed by atoms with Crippen LogP contribution in [0.3, 0.4) is 0 Å². The first kappa shape index (κ1) is 17.3. The third kappa shape index (κ3) is 3.58. The van der Waals surface area contributed by atoms with Gasteiger partial charge < -0.3 is 19.3 Å². The number of benzene rings is 1. The second kappa shape index (κ2) is 6.91. The molecule has 2 aliphatic heterocycles. The first-order chi connectivity index (χ1) is 13.0. The second-order valence-corrected chi connectivity index (χ2v) is 7.71. The van der Waals surface area contributed by atoms with Gasteiger partial charge in [-0.25, -0.2) is 8.42 Å². The van der Waals surface area contributed by atoms with Crippen molar-refractivity contribution >= 4 is 28.1 Å². The Kier molecular flexibility index (Phi) is 4.44. The number of hydrogen-bond acceptors (Lipinski definition) is 8. The average molecular weight is 391 g/mol. The molecule has 27 heavy (non-hydrogen) atoms. The van der Waals surface area contributed by atoms with Crippen molar-refractivity contribution in [3.05, 3.63) is 30.3 Å². The van der Waals surface area contributed by atoms with E-state index in [0.717, 1.165) is 6.41 Å². The van der Waals surface area contributed by atoms with E-state index in [9.17, 15) is 13.2 Å². The van der Waals surface area contributed by atoms with Gasteiger partial charge in [0.2, 0.25) is 13.2 Å². The zero-order valence-electron chi connectivity index (χ0n) is 14.2. The number of nitrogens with one attached hydrogen (secondary N) is 1.